The lowest BCUT2D eigenvalue weighted by atomic mass is 10.0. The van der Waals surface area contributed by atoms with Gasteiger partial charge in [-0.15, -0.1) is 0 Å². The fourth-order valence-electron chi connectivity index (χ4n) is 3.53. The number of imidazole rings is 1. The number of benzene rings is 3. The van der Waals surface area contributed by atoms with E-state index in [1.165, 1.54) is 0 Å². The normalized spacial score (nSPS) is 10.7. The number of para-hydroxylation sites is 1. The molecule has 0 unspecified atom stereocenters. The standard InChI is InChI=1S/C25H19N5O/c31-25(27-20-14-8-3-9-15-20)29-24-28-22(19-12-6-2-7-13-19)23-21(16-17-26-30(23)24)18-10-4-1-5-11-18/h1-17H,(H2,27,28,29,31). The highest BCUT2D eigenvalue weighted by atomic mass is 16.2. The Hall–Kier alpha value is -4.45. The monoisotopic (exact) mass is 405 g/mol. The number of amides is 2. The van der Waals surface area contributed by atoms with E-state index in [0.29, 0.717) is 11.6 Å². The summed E-state index contributed by atoms with van der Waals surface area (Å²) in [6.45, 7) is 0. The molecule has 5 rings (SSSR count). The van der Waals surface area contributed by atoms with Crippen LogP contribution in [-0.4, -0.2) is 20.6 Å². The minimum absolute atomic E-state index is 0.347. The molecule has 2 aromatic heterocycles. The molecule has 2 amide bonds. The van der Waals surface area contributed by atoms with Crippen LogP contribution in [0.1, 0.15) is 0 Å². The van der Waals surface area contributed by atoms with Crippen LogP contribution in [0.15, 0.2) is 103 Å². The van der Waals surface area contributed by atoms with Gasteiger partial charge in [-0.05, 0) is 23.8 Å². The third-order valence-electron chi connectivity index (χ3n) is 4.92. The highest BCUT2D eigenvalue weighted by molar-refractivity contribution is 6.00. The van der Waals surface area contributed by atoms with Crippen molar-refractivity contribution in [2.45, 2.75) is 0 Å². The molecule has 0 aliphatic rings. The Morgan fingerprint density at radius 1 is 0.710 bits per heavy atom. The molecular weight excluding hydrogens is 386 g/mol. The zero-order chi connectivity index (χ0) is 21.0. The van der Waals surface area contributed by atoms with Gasteiger partial charge in [0.1, 0.15) is 11.2 Å². The second-order valence-electron chi connectivity index (χ2n) is 6.97. The van der Waals surface area contributed by atoms with Gasteiger partial charge in [-0.2, -0.15) is 9.61 Å². The third kappa shape index (κ3) is 3.74. The molecule has 6 nitrogen and oxygen atoms in total. The van der Waals surface area contributed by atoms with E-state index in [1.54, 1.807) is 10.7 Å². The molecule has 0 bridgehead atoms. The van der Waals surface area contributed by atoms with Gasteiger partial charge in [0, 0.05) is 23.0 Å². The van der Waals surface area contributed by atoms with Crippen LogP contribution in [0.4, 0.5) is 16.4 Å². The fourth-order valence-corrected chi connectivity index (χ4v) is 3.53. The van der Waals surface area contributed by atoms with Gasteiger partial charge in [-0.1, -0.05) is 78.9 Å². The number of nitrogens with one attached hydrogen (secondary N) is 2. The Labute approximate surface area is 179 Å². The number of carbonyl (C=O) groups excluding carboxylic acids is 1. The summed E-state index contributed by atoms with van der Waals surface area (Å²) in [4.78, 5) is 17.4. The molecule has 2 N–H and O–H groups in total. The predicted molar refractivity (Wildman–Crippen MR) is 123 cm³/mol. The van der Waals surface area contributed by atoms with Crippen molar-refractivity contribution in [2.75, 3.05) is 10.6 Å². The molecular formula is C25H19N5O. The average Bonchev–Trinajstić information content (AvgIpc) is 3.19. The maximum Gasteiger partial charge on any atom is 0.326 e. The molecule has 6 heteroatoms. The van der Waals surface area contributed by atoms with E-state index in [0.717, 1.165) is 27.9 Å². The fraction of sp³-hybridized carbons (Fsp3) is 0. The van der Waals surface area contributed by atoms with E-state index in [-0.39, 0.29) is 6.03 Å². The Bertz CT molecular complexity index is 1330. The molecule has 150 valence electrons. The second-order valence-corrected chi connectivity index (χ2v) is 6.97. The number of aromatic nitrogens is 3. The lowest BCUT2D eigenvalue weighted by Crippen LogP contribution is -2.21. The first-order chi connectivity index (χ1) is 15.3. The first kappa shape index (κ1) is 18.6. The minimum Gasteiger partial charge on any atom is -0.308 e. The molecule has 0 spiro atoms. The van der Waals surface area contributed by atoms with Crippen LogP contribution in [0, 0.1) is 0 Å². The summed E-state index contributed by atoms with van der Waals surface area (Å²) in [7, 11) is 0. The largest absolute Gasteiger partial charge is 0.326 e. The van der Waals surface area contributed by atoms with Crippen molar-refractivity contribution < 1.29 is 4.79 Å². The lowest BCUT2D eigenvalue weighted by Gasteiger charge is -2.08. The van der Waals surface area contributed by atoms with Gasteiger partial charge < -0.3 is 5.32 Å². The first-order valence-corrected chi connectivity index (χ1v) is 9.91. The molecule has 3 aromatic carbocycles. The maximum absolute atomic E-state index is 12.6. The predicted octanol–water partition coefficient (Wildman–Crippen LogP) is 5.71. The van der Waals surface area contributed by atoms with Gasteiger partial charge in [0.2, 0.25) is 5.95 Å². The van der Waals surface area contributed by atoms with E-state index >= 15 is 0 Å². The quantitative estimate of drug-likeness (QED) is 0.402. The first-order valence-electron chi connectivity index (χ1n) is 9.91. The summed E-state index contributed by atoms with van der Waals surface area (Å²) < 4.78 is 1.68. The van der Waals surface area contributed by atoms with Crippen LogP contribution < -0.4 is 10.6 Å². The second kappa shape index (κ2) is 8.12. The van der Waals surface area contributed by atoms with Gasteiger partial charge in [0.15, 0.2) is 0 Å². The van der Waals surface area contributed by atoms with Crippen molar-refractivity contribution in [1.29, 1.82) is 0 Å². The molecule has 0 atom stereocenters. The summed E-state index contributed by atoms with van der Waals surface area (Å²) in [6, 6.07) is 30.8. The maximum atomic E-state index is 12.6. The molecule has 0 aliphatic heterocycles. The van der Waals surface area contributed by atoms with Gasteiger partial charge in [0.25, 0.3) is 0 Å². The Balaban J connectivity index is 1.62. The van der Waals surface area contributed by atoms with Crippen LogP contribution in [0.5, 0.6) is 0 Å². The van der Waals surface area contributed by atoms with Crippen molar-refractivity contribution in [3.05, 3.63) is 103 Å². The summed E-state index contributed by atoms with van der Waals surface area (Å²) in [5.74, 6) is 0.347. The SMILES string of the molecule is O=C(Nc1ccccc1)Nc1nc(-c2ccccc2)c2c(-c3ccccc3)ccnn12. The molecule has 0 radical (unpaired) electrons. The van der Waals surface area contributed by atoms with Crippen molar-refractivity contribution in [2.24, 2.45) is 0 Å². The van der Waals surface area contributed by atoms with Gasteiger partial charge in [-0.3, -0.25) is 5.32 Å². The van der Waals surface area contributed by atoms with Crippen LogP contribution in [-0.2, 0) is 0 Å². The van der Waals surface area contributed by atoms with Gasteiger partial charge in [-0.25, -0.2) is 9.78 Å². The Morgan fingerprint density at radius 2 is 1.32 bits per heavy atom. The number of carbonyl (C=O) groups is 1. The van der Waals surface area contributed by atoms with E-state index in [1.807, 2.05) is 97.1 Å². The zero-order valence-electron chi connectivity index (χ0n) is 16.6. The summed E-state index contributed by atoms with van der Waals surface area (Å²) in [6.07, 6.45) is 1.71. The van der Waals surface area contributed by atoms with Crippen molar-refractivity contribution in [1.82, 2.24) is 14.6 Å². The molecule has 0 saturated heterocycles. The number of fused-ring (bicyclic) bond motifs is 1. The summed E-state index contributed by atoms with van der Waals surface area (Å²) in [5.41, 5.74) is 5.26. The highest BCUT2D eigenvalue weighted by Crippen LogP contribution is 2.33. The number of urea groups is 1. The summed E-state index contributed by atoms with van der Waals surface area (Å²) >= 11 is 0. The number of hydrogen-bond acceptors (Lipinski definition) is 3. The van der Waals surface area contributed by atoms with E-state index in [2.05, 4.69) is 15.7 Å². The average molecular weight is 405 g/mol. The van der Waals surface area contributed by atoms with Crippen molar-refractivity contribution >= 4 is 23.2 Å². The van der Waals surface area contributed by atoms with Crippen molar-refractivity contribution in [3.63, 3.8) is 0 Å². The third-order valence-corrected chi connectivity index (χ3v) is 4.92. The molecule has 5 aromatic rings. The molecule has 0 fully saturated rings. The van der Waals surface area contributed by atoms with Gasteiger partial charge in [0.05, 0.1) is 0 Å². The zero-order valence-corrected chi connectivity index (χ0v) is 16.6. The number of rotatable bonds is 4. The number of anilines is 2. The highest BCUT2D eigenvalue weighted by Gasteiger charge is 2.19. The van der Waals surface area contributed by atoms with Crippen LogP contribution >= 0.6 is 0 Å². The topological polar surface area (TPSA) is 71.3 Å². The van der Waals surface area contributed by atoms with Crippen LogP contribution in [0.3, 0.4) is 0 Å². The van der Waals surface area contributed by atoms with E-state index < -0.39 is 0 Å². The van der Waals surface area contributed by atoms with E-state index in [4.69, 9.17) is 4.98 Å². The lowest BCUT2D eigenvalue weighted by molar-refractivity contribution is 0.262. The van der Waals surface area contributed by atoms with Crippen LogP contribution in [0.25, 0.3) is 27.9 Å². The Kier molecular flexibility index (Phi) is 4.86. The molecule has 0 aliphatic carbocycles. The van der Waals surface area contributed by atoms with Crippen LogP contribution in [0.2, 0.25) is 0 Å². The molecule has 0 saturated carbocycles. The van der Waals surface area contributed by atoms with E-state index in [9.17, 15) is 4.79 Å². The Morgan fingerprint density at radius 3 is 2.00 bits per heavy atom. The number of hydrogen-bond donors (Lipinski definition) is 2. The smallest absolute Gasteiger partial charge is 0.308 e. The molecule has 2 heterocycles. The van der Waals surface area contributed by atoms with Gasteiger partial charge >= 0.3 is 6.03 Å². The molecule has 31 heavy (non-hydrogen) atoms. The minimum atomic E-state index is -0.385. The number of nitrogens with zero attached hydrogens (tertiary/aromatic N) is 3. The van der Waals surface area contributed by atoms with Crippen molar-refractivity contribution in [3.8, 4) is 22.4 Å². The summed E-state index contributed by atoms with van der Waals surface area (Å²) in [5, 5.41) is 10.1.